The van der Waals surface area contributed by atoms with Crippen molar-refractivity contribution in [3.8, 4) is 0 Å². The second kappa shape index (κ2) is 7.94. The molecule has 6 nitrogen and oxygen atoms in total. The summed E-state index contributed by atoms with van der Waals surface area (Å²) in [5, 5.41) is 0. The van der Waals surface area contributed by atoms with E-state index in [0.29, 0.717) is 18.8 Å². The number of carbonyl (C=O) groups excluding carboxylic acids is 3. The standard InChI is InChI=1S/C13H20N2O4S/c1-4-11(16)14(5-2)8-12(17)15-6-7-20-9-10(15)13(18)19-3/h4,10H,1,5-9H2,2-3H3. The van der Waals surface area contributed by atoms with Crippen molar-refractivity contribution in [3.63, 3.8) is 0 Å². The Morgan fingerprint density at radius 2 is 2.20 bits per heavy atom. The Balaban J connectivity index is 2.74. The summed E-state index contributed by atoms with van der Waals surface area (Å²) in [7, 11) is 1.31. The van der Waals surface area contributed by atoms with Crippen LogP contribution >= 0.6 is 11.8 Å². The molecule has 1 rings (SSSR count). The Hall–Kier alpha value is -1.50. The molecule has 0 aromatic rings. The Bertz CT molecular complexity index is 400. The van der Waals surface area contributed by atoms with Crippen molar-refractivity contribution in [3.05, 3.63) is 12.7 Å². The summed E-state index contributed by atoms with van der Waals surface area (Å²) in [6.07, 6.45) is 1.18. The molecule has 2 amide bonds. The number of carbonyl (C=O) groups is 3. The van der Waals surface area contributed by atoms with Gasteiger partial charge in [-0.2, -0.15) is 11.8 Å². The molecular weight excluding hydrogens is 280 g/mol. The van der Waals surface area contributed by atoms with Crippen molar-refractivity contribution < 1.29 is 19.1 Å². The number of nitrogens with zero attached hydrogens (tertiary/aromatic N) is 2. The fraction of sp³-hybridized carbons (Fsp3) is 0.615. The van der Waals surface area contributed by atoms with Gasteiger partial charge in [0.15, 0.2) is 0 Å². The number of thioether (sulfide) groups is 1. The molecule has 0 N–H and O–H groups in total. The predicted octanol–water partition coefficient (Wildman–Crippen LogP) is 0.138. The zero-order chi connectivity index (χ0) is 15.1. The van der Waals surface area contributed by atoms with E-state index in [1.165, 1.54) is 23.0 Å². The number of hydrogen-bond acceptors (Lipinski definition) is 5. The average Bonchev–Trinajstić information content (AvgIpc) is 2.50. The van der Waals surface area contributed by atoms with Crippen molar-refractivity contribution in [1.29, 1.82) is 0 Å². The van der Waals surface area contributed by atoms with Crippen LogP contribution in [0.4, 0.5) is 0 Å². The molecule has 112 valence electrons. The first kappa shape index (κ1) is 16.6. The molecule has 1 aliphatic rings. The van der Waals surface area contributed by atoms with Crippen LogP contribution in [-0.2, 0) is 19.1 Å². The second-order valence-electron chi connectivity index (χ2n) is 4.26. The van der Waals surface area contributed by atoms with Crippen molar-refractivity contribution >= 4 is 29.5 Å². The quantitative estimate of drug-likeness (QED) is 0.534. The minimum absolute atomic E-state index is 0.0421. The highest BCUT2D eigenvalue weighted by atomic mass is 32.2. The van der Waals surface area contributed by atoms with E-state index in [0.717, 1.165) is 5.75 Å². The first-order chi connectivity index (χ1) is 9.54. The number of hydrogen-bond donors (Lipinski definition) is 0. The lowest BCUT2D eigenvalue weighted by molar-refractivity contribution is -0.152. The highest BCUT2D eigenvalue weighted by Gasteiger charge is 2.33. The van der Waals surface area contributed by atoms with Crippen LogP contribution in [0.2, 0.25) is 0 Å². The maximum Gasteiger partial charge on any atom is 0.329 e. The SMILES string of the molecule is C=CC(=O)N(CC)CC(=O)N1CCSCC1C(=O)OC. The van der Waals surface area contributed by atoms with Gasteiger partial charge in [-0.3, -0.25) is 9.59 Å². The molecule has 0 spiro atoms. The van der Waals surface area contributed by atoms with Crippen LogP contribution in [0.25, 0.3) is 0 Å². The minimum atomic E-state index is -0.566. The first-order valence-electron chi connectivity index (χ1n) is 6.41. The van der Waals surface area contributed by atoms with E-state index in [9.17, 15) is 14.4 Å². The maximum absolute atomic E-state index is 12.3. The van der Waals surface area contributed by atoms with Gasteiger partial charge < -0.3 is 14.5 Å². The molecule has 0 aliphatic carbocycles. The predicted molar refractivity (Wildman–Crippen MR) is 77.3 cm³/mol. The highest BCUT2D eigenvalue weighted by Crippen LogP contribution is 2.18. The van der Waals surface area contributed by atoms with E-state index in [2.05, 4.69) is 6.58 Å². The molecule has 1 unspecified atom stereocenters. The van der Waals surface area contributed by atoms with Crippen molar-refractivity contribution in [2.45, 2.75) is 13.0 Å². The number of methoxy groups -OCH3 is 1. The third-order valence-electron chi connectivity index (χ3n) is 3.12. The third-order valence-corrected chi connectivity index (χ3v) is 4.14. The van der Waals surface area contributed by atoms with Gasteiger partial charge in [0, 0.05) is 24.6 Å². The number of ether oxygens (including phenoxy) is 1. The van der Waals surface area contributed by atoms with Crippen LogP contribution in [-0.4, -0.2) is 71.9 Å². The van der Waals surface area contributed by atoms with E-state index in [1.54, 1.807) is 18.7 Å². The van der Waals surface area contributed by atoms with Crippen molar-refractivity contribution in [1.82, 2.24) is 9.80 Å². The zero-order valence-electron chi connectivity index (χ0n) is 11.8. The minimum Gasteiger partial charge on any atom is -0.467 e. The molecule has 20 heavy (non-hydrogen) atoms. The molecule has 1 aliphatic heterocycles. The number of likely N-dealkylation sites (N-methyl/N-ethyl adjacent to an activating group) is 1. The van der Waals surface area contributed by atoms with Crippen molar-refractivity contribution in [2.24, 2.45) is 0 Å². The van der Waals surface area contributed by atoms with Gasteiger partial charge in [0.05, 0.1) is 7.11 Å². The van der Waals surface area contributed by atoms with Crippen LogP contribution in [0.15, 0.2) is 12.7 Å². The Kier molecular flexibility index (Phi) is 6.57. The molecule has 1 atom stereocenters. The van der Waals surface area contributed by atoms with Crippen LogP contribution in [0.5, 0.6) is 0 Å². The molecule has 0 saturated carbocycles. The monoisotopic (exact) mass is 300 g/mol. The van der Waals surface area contributed by atoms with Gasteiger partial charge in [-0.15, -0.1) is 0 Å². The summed E-state index contributed by atoms with van der Waals surface area (Å²) < 4.78 is 4.73. The summed E-state index contributed by atoms with van der Waals surface area (Å²) in [5.74, 6) is 0.365. The topological polar surface area (TPSA) is 66.9 Å². The van der Waals surface area contributed by atoms with Gasteiger partial charge in [-0.1, -0.05) is 6.58 Å². The smallest absolute Gasteiger partial charge is 0.329 e. The van der Waals surface area contributed by atoms with Gasteiger partial charge in [0.1, 0.15) is 12.6 Å². The van der Waals surface area contributed by atoms with Gasteiger partial charge in [0.2, 0.25) is 11.8 Å². The van der Waals surface area contributed by atoms with Gasteiger partial charge in [0.25, 0.3) is 0 Å². The number of esters is 1. The molecule has 1 fully saturated rings. The molecule has 1 saturated heterocycles. The lowest BCUT2D eigenvalue weighted by Crippen LogP contribution is -2.53. The largest absolute Gasteiger partial charge is 0.467 e. The number of rotatable bonds is 5. The fourth-order valence-corrected chi connectivity index (χ4v) is 2.99. The highest BCUT2D eigenvalue weighted by molar-refractivity contribution is 7.99. The van der Waals surface area contributed by atoms with Crippen LogP contribution in [0, 0.1) is 0 Å². The van der Waals surface area contributed by atoms with Gasteiger partial charge in [-0.05, 0) is 13.0 Å². The molecule has 0 aromatic heterocycles. The van der Waals surface area contributed by atoms with Crippen LogP contribution < -0.4 is 0 Å². The summed E-state index contributed by atoms with van der Waals surface area (Å²) in [6.45, 7) is 6.07. The van der Waals surface area contributed by atoms with E-state index in [-0.39, 0.29) is 18.4 Å². The van der Waals surface area contributed by atoms with Crippen LogP contribution in [0.3, 0.4) is 0 Å². The average molecular weight is 300 g/mol. The lowest BCUT2D eigenvalue weighted by atomic mass is 10.2. The fourth-order valence-electron chi connectivity index (χ4n) is 1.96. The van der Waals surface area contributed by atoms with Gasteiger partial charge in [-0.25, -0.2) is 4.79 Å². The lowest BCUT2D eigenvalue weighted by Gasteiger charge is -2.34. The van der Waals surface area contributed by atoms with E-state index >= 15 is 0 Å². The van der Waals surface area contributed by atoms with Gasteiger partial charge >= 0.3 is 5.97 Å². The summed E-state index contributed by atoms with van der Waals surface area (Å²) in [5.41, 5.74) is 0. The summed E-state index contributed by atoms with van der Waals surface area (Å²) >= 11 is 1.61. The first-order valence-corrected chi connectivity index (χ1v) is 7.57. The molecule has 0 bridgehead atoms. The van der Waals surface area contributed by atoms with E-state index in [1.807, 2.05) is 0 Å². The van der Waals surface area contributed by atoms with Crippen molar-refractivity contribution in [2.75, 3.05) is 38.2 Å². The third kappa shape index (κ3) is 4.00. The number of amides is 2. The Morgan fingerprint density at radius 3 is 2.75 bits per heavy atom. The maximum atomic E-state index is 12.3. The molecular formula is C13H20N2O4S. The summed E-state index contributed by atoms with van der Waals surface area (Å²) in [6, 6.07) is -0.566. The summed E-state index contributed by atoms with van der Waals surface area (Å²) in [4.78, 5) is 38.5. The second-order valence-corrected chi connectivity index (χ2v) is 5.41. The molecule has 1 heterocycles. The normalized spacial score (nSPS) is 18.3. The Morgan fingerprint density at radius 1 is 1.50 bits per heavy atom. The van der Waals surface area contributed by atoms with Crippen LogP contribution in [0.1, 0.15) is 6.92 Å². The molecule has 7 heteroatoms. The van der Waals surface area contributed by atoms with E-state index in [4.69, 9.17) is 4.74 Å². The Labute approximate surface area is 123 Å². The van der Waals surface area contributed by atoms with E-state index < -0.39 is 12.0 Å². The molecule has 0 radical (unpaired) electrons. The zero-order valence-corrected chi connectivity index (χ0v) is 12.6. The molecule has 0 aromatic carbocycles.